The maximum Gasteiger partial charge on any atom is 0.573 e. The second kappa shape index (κ2) is 8.13. The van der Waals surface area contributed by atoms with E-state index in [1.165, 1.54) is 30.3 Å². The average Bonchev–Trinajstić information content (AvgIpc) is 2.65. The monoisotopic (exact) mass is 444 g/mol. The number of hydrogen-bond donors (Lipinski definition) is 0. The SMILES string of the molecule is O=[N+]([O-])c1c(-c2cccc(OC(F)(F)F)c2)ccnc1-c1cccc(OC(F)(F)F)c1. The van der Waals surface area contributed by atoms with E-state index < -0.39 is 34.8 Å². The molecule has 0 aliphatic heterocycles. The number of alkyl halides is 6. The van der Waals surface area contributed by atoms with Crippen molar-refractivity contribution in [2.45, 2.75) is 12.7 Å². The second-order valence-corrected chi connectivity index (χ2v) is 5.96. The smallest absolute Gasteiger partial charge is 0.406 e. The van der Waals surface area contributed by atoms with E-state index in [1.54, 1.807) is 0 Å². The van der Waals surface area contributed by atoms with Gasteiger partial charge in [-0.2, -0.15) is 0 Å². The van der Waals surface area contributed by atoms with Gasteiger partial charge in [-0.3, -0.25) is 10.1 Å². The van der Waals surface area contributed by atoms with Gasteiger partial charge in [0.1, 0.15) is 17.2 Å². The molecule has 162 valence electrons. The third-order valence-corrected chi connectivity index (χ3v) is 3.83. The van der Waals surface area contributed by atoms with Crippen LogP contribution in [0.2, 0.25) is 0 Å². The number of ether oxygens (including phenoxy) is 2. The zero-order valence-electron chi connectivity index (χ0n) is 15.1. The molecule has 1 heterocycles. The molecular formula is C19H10F6N2O4. The number of pyridine rings is 1. The normalized spacial score (nSPS) is 11.8. The summed E-state index contributed by atoms with van der Waals surface area (Å²) in [5.74, 6) is -1.22. The van der Waals surface area contributed by atoms with Crippen LogP contribution in [0.5, 0.6) is 11.5 Å². The van der Waals surface area contributed by atoms with E-state index in [4.69, 9.17) is 0 Å². The Morgan fingerprint density at radius 3 is 1.84 bits per heavy atom. The highest BCUT2D eigenvalue weighted by Crippen LogP contribution is 2.39. The summed E-state index contributed by atoms with van der Waals surface area (Å²) in [6.45, 7) is 0. The molecule has 3 aromatic rings. The van der Waals surface area contributed by atoms with Crippen molar-refractivity contribution in [3.8, 4) is 33.9 Å². The first kappa shape index (κ1) is 21.9. The molecule has 0 N–H and O–H groups in total. The van der Waals surface area contributed by atoms with Crippen molar-refractivity contribution in [2.24, 2.45) is 0 Å². The van der Waals surface area contributed by atoms with E-state index in [9.17, 15) is 36.5 Å². The number of nitro groups is 1. The van der Waals surface area contributed by atoms with Crippen LogP contribution in [0.4, 0.5) is 32.0 Å². The van der Waals surface area contributed by atoms with Gasteiger partial charge in [0.05, 0.1) is 10.5 Å². The summed E-state index contributed by atoms with van der Waals surface area (Å²) >= 11 is 0. The van der Waals surface area contributed by atoms with Crippen LogP contribution in [0, 0.1) is 10.1 Å². The van der Waals surface area contributed by atoms with E-state index in [0.29, 0.717) is 0 Å². The van der Waals surface area contributed by atoms with Gasteiger partial charge in [-0.25, -0.2) is 4.98 Å². The summed E-state index contributed by atoms with van der Waals surface area (Å²) in [5.41, 5.74) is -1.06. The molecule has 0 spiro atoms. The van der Waals surface area contributed by atoms with E-state index >= 15 is 0 Å². The number of hydrogen-bond acceptors (Lipinski definition) is 5. The number of benzene rings is 2. The molecule has 0 saturated heterocycles. The molecule has 0 saturated carbocycles. The van der Waals surface area contributed by atoms with Crippen molar-refractivity contribution in [1.29, 1.82) is 0 Å². The quantitative estimate of drug-likeness (QED) is 0.269. The first-order chi connectivity index (χ1) is 14.4. The molecule has 0 unspecified atom stereocenters. The Labute approximate surface area is 169 Å². The van der Waals surface area contributed by atoms with Crippen molar-refractivity contribution >= 4 is 5.69 Å². The van der Waals surface area contributed by atoms with Crippen LogP contribution in [0.25, 0.3) is 22.4 Å². The summed E-state index contributed by atoms with van der Waals surface area (Å²) in [7, 11) is 0. The molecule has 31 heavy (non-hydrogen) atoms. The zero-order valence-corrected chi connectivity index (χ0v) is 15.1. The molecule has 12 heteroatoms. The lowest BCUT2D eigenvalue weighted by Gasteiger charge is -2.12. The molecule has 0 amide bonds. The number of nitrogens with zero attached hydrogens (tertiary/aromatic N) is 2. The Kier molecular flexibility index (Phi) is 5.73. The maximum atomic E-state index is 12.5. The van der Waals surface area contributed by atoms with Crippen LogP contribution in [0.15, 0.2) is 60.8 Å². The van der Waals surface area contributed by atoms with Crippen molar-refractivity contribution in [3.05, 3.63) is 70.9 Å². The van der Waals surface area contributed by atoms with Gasteiger partial charge in [0, 0.05) is 11.8 Å². The Bertz CT molecular complexity index is 1040. The lowest BCUT2D eigenvalue weighted by molar-refractivity contribution is -0.383. The third-order valence-electron chi connectivity index (χ3n) is 3.83. The third kappa shape index (κ3) is 5.62. The highest BCUT2D eigenvalue weighted by atomic mass is 19.4. The Balaban J connectivity index is 2.11. The minimum Gasteiger partial charge on any atom is -0.406 e. The number of rotatable bonds is 5. The van der Waals surface area contributed by atoms with Crippen LogP contribution >= 0.6 is 0 Å². The fraction of sp³-hybridized carbons (Fsp3) is 0.105. The minimum absolute atomic E-state index is 0.0137. The zero-order chi connectivity index (χ0) is 22.8. The molecule has 3 rings (SSSR count). The molecule has 0 atom stereocenters. The molecule has 0 fully saturated rings. The fourth-order valence-corrected chi connectivity index (χ4v) is 2.78. The van der Waals surface area contributed by atoms with Crippen molar-refractivity contribution in [2.75, 3.05) is 0 Å². The Hall–Kier alpha value is -3.83. The first-order valence-corrected chi connectivity index (χ1v) is 8.29. The molecule has 6 nitrogen and oxygen atoms in total. The van der Waals surface area contributed by atoms with Gasteiger partial charge in [0.2, 0.25) is 0 Å². The van der Waals surface area contributed by atoms with E-state index in [1.807, 2.05) is 0 Å². The van der Waals surface area contributed by atoms with Crippen molar-refractivity contribution in [1.82, 2.24) is 4.98 Å². The van der Waals surface area contributed by atoms with Crippen molar-refractivity contribution in [3.63, 3.8) is 0 Å². The molecular weight excluding hydrogens is 434 g/mol. The molecule has 2 aromatic carbocycles. The minimum atomic E-state index is -4.97. The summed E-state index contributed by atoms with van der Waals surface area (Å²) in [6, 6.07) is 10.1. The molecule has 0 radical (unpaired) electrons. The number of halogens is 6. The van der Waals surface area contributed by atoms with Gasteiger partial charge in [0.15, 0.2) is 0 Å². The maximum absolute atomic E-state index is 12.5. The first-order valence-electron chi connectivity index (χ1n) is 8.29. The fourth-order valence-electron chi connectivity index (χ4n) is 2.78. The summed E-state index contributed by atoms with van der Waals surface area (Å²) in [5, 5.41) is 11.8. The summed E-state index contributed by atoms with van der Waals surface area (Å²) in [4.78, 5) is 14.8. The molecule has 0 bridgehead atoms. The second-order valence-electron chi connectivity index (χ2n) is 5.96. The summed E-state index contributed by atoms with van der Waals surface area (Å²) in [6.07, 6.45) is -8.79. The van der Waals surface area contributed by atoms with Crippen molar-refractivity contribution < 1.29 is 40.7 Å². The van der Waals surface area contributed by atoms with E-state index in [2.05, 4.69) is 14.5 Å². The average molecular weight is 444 g/mol. The molecule has 0 aliphatic rings. The van der Waals surface area contributed by atoms with Gasteiger partial charge in [-0.1, -0.05) is 24.3 Å². The van der Waals surface area contributed by atoms with Gasteiger partial charge in [-0.05, 0) is 35.9 Å². The molecule has 0 aliphatic carbocycles. The highest BCUT2D eigenvalue weighted by Gasteiger charge is 2.32. The lowest BCUT2D eigenvalue weighted by atomic mass is 10.0. The van der Waals surface area contributed by atoms with Gasteiger partial charge < -0.3 is 9.47 Å². The Morgan fingerprint density at radius 2 is 1.32 bits per heavy atom. The van der Waals surface area contributed by atoms with Crippen LogP contribution in [-0.2, 0) is 0 Å². The van der Waals surface area contributed by atoms with Crippen LogP contribution in [-0.4, -0.2) is 22.6 Å². The highest BCUT2D eigenvalue weighted by molar-refractivity contribution is 5.84. The van der Waals surface area contributed by atoms with Crippen LogP contribution in [0.1, 0.15) is 0 Å². The lowest BCUT2D eigenvalue weighted by Crippen LogP contribution is -2.17. The predicted molar refractivity (Wildman–Crippen MR) is 95.1 cm³/mol. The van der Waals surface area contributed by atoms with Gasteiger partial charge in [-0.15, -0.1) is 26.3 Å². The largest absolute Gasteiger partial charge is 0.573 e. The van der Waals surface area contributed by atoms with E-state index in [0.717, 1.165) is 30.5 Å². The van der Waals surface area contributed by atoms with Crippen LogP contribution < -0.4 is 9.47 Å². The predicted octanol–water partition coefficient (Wildman–Crippen LogP) is 6.12. The molecule has 1 aromatic heterocycles. The Morgan fingerprint density at radius 1 is 0.806 bits per heavy atom. The van der Waals surface area contributed by atoms with E-state index in [-0.39, 0.29) is 22.4 Å². The van der Waals surface area contributed by atoms with Crippen LogP contribution in [0.3, 0.4) is 0 Å². The van der Waals surface area contributed by atoms with Gasteiger partial charge in [0.25, 0.3) is 0 Å². The topological polar surface area (TPSA) is 74.5 Å². The standard InChI is InChI=1S/C19H10F6N2O4/c20-18(21,22)30-13-5-1-3-11(9-13)15-7-8-26-16(17(15)27(28)29)12-4-2-6-14(10-12)31-19(23,24)25/h1-10H. The summed E-state index contributed by atoms with van der Waals surface area (Å²) < 4.78 is 82.6. The number of aromatic nitrogens is 1. The van der Waals surface area contributed by atoms with Gasteiger partial charge >= 0.3 is 18.4 Å².